The van der Waals surface area contributed by atoms with Gasteiger partial charge < -0.3 is 10.6 Å². The molecule has 2 rings (SSSR count). The third-order valence-corrected chi connectivity index (χ3v) is 3.98. The highest BCUT2D eigenvalue weighted by Gasteiger charge is 2.12. The number of rotatable bonds is 6. The minimum absolute atomic E-state index is 0.152. The van der Waals surface area contributed by atoms with Crippen LogP contribution in [0.2, 0.25) is 5.15 Å². The zero-order valence-corrected chi connectivity index (χ0v) is 12.5. The summed E-state index contributed by atoms with van der Waals surface area (Å²) in [6.45, 7) is 1.61. The van der Waals surface area contributed by atoms with Crippen LogP contribution in [0.25, 0.3) is 0 Å². The molecule has 0 spiro atoms. The van der Waals surface area contributed by atoms with Crippen LogP contribution in [0.4, 0.5) is 0 Å². The van der Waals surface area contributed by atoms with E-state index in [4.69, 9.17) is 11.6 Å². The fourth-order valence-electron chi connectivity index (χ4n) is 2.55. The molecule has 1 aromatic heterocycles. The Morgan fingerprint density at radius 2 is 2.10 bits per heavy atom. The summed E-state index contributed by atoms with van der Waals surface area (Å²) in [6, 6.07) is 4.07. The number of hydrogen-bond acceptors (Lipinski definition) is 3. The lowest BCUT2D eigenvalue weighted by Crippen LogP contribution is -2.34. The van der Waals surface area contributed by atoms with Crippen LogP contribution in [-0.4, -0.2) is 30.0 Å². The van der Waals surface area contributed by atoms with Crippen LogP contribution < -0.4 is 10.6 Å². The van der Waals surface area contributed by atoms with Gasteiger partial charge in [0, 0.05) is 18.8 Å². The van der Waals surface area contributed by atoms with Gasteiger partial charge in [-0.1, -0.05) is 30.9 Å². The van der Waals surface area contributed by atoms with Gasteiger partial charge in [-0.2, -0.15) is 0 Å². The summed E-state index contributed by atoms with van der Waals surface area (Å²) in [5, 5.41) is 6.69. The fourth-order valence-corrected chi connectivity index (χ4v) is 2.76. The van der Waals surface area contributed by atoms with Gasteiger partial charge >= 0.3 is 0 Å². The monoisotopic (exact) mass is 295 g/mol. The highest BCUT2D eigenvalue weighted by Crippen LogP contribution is 2.17. The molecule has 20 heavy (non-hydrogen) atoms. The van der Waals surface area contributed by atoms with E-state index in [1.165, 1.54) is 32.1 Å². The molecule has 1 aliphatic rings. The predicted molar refractivity (Wildman–Crippen MR) is 81.1 cm³/mol. The van der Waals surface area contributed by atoms with Gasteiger partial charge in [0.1, 0.15) is 5.15 Å². The van der Waals surface area contributed by atoms with E-state index in [-0.39, 0.29) is 11.1 Å². The Balaban J connectivity index is 1.61. The molecule has 2 N–H and O–H groups in total. The van der Waals surface area contributed by atoms with Crippen molar-refractivity contribution in [3.63, 3.8) is 0 Å². The van der Waals surface area contributed by atoms with Gasteiger partial charge in [-0.05, 0) is 37.9 Å². The Morgan fingerprint density at radius 3 is 2.85 bits per heavy atom. The smallest absolute Gasteiger partial charge is 0.254 e. The zero-order valence-electron chi connectivity index (χ0n) is 11.7. The van der Waals surface area contributed by atoms with Gasteiger partial charge in [0.05, 0.1) is 5.56 Å². The molecule has 0 atom stereocenters. The molecule has 1 heterocycles. The number of carbonyl (C=O) groups excluding carboxylic acids is 1. The second-order valence-electron chi connectivity index (χ2n) is 5.24. The third kappa shape index (κ3) is 4.76. The lowest BCUT2D eigenvalue weighted by Gasteiger charge is -2.22. The molecule has 0 radical (unpaired) electrons. The molecular formula is C15H22ClN3O. The van der Waals surface area contributed by atoms with E-state index < -0.39 is 0 Å². The summed E-state index contributed by atoms with van der Waals surface area (Å²) in [5.41, 5.74) is 0.439. The summed E-state index contributed by atoms with van der Waals surface area (Å²) in [6.07, 6.45) is 9.14. The lowest BCUT2D eigenvalue weighted by molar-refractivity contribution is 0.0953. The standard InChI is InChI=1S/C15H22ClN3O/c16-14-13(8-4-9-18-14)15(20)19-11-5-10-17-12-6-2-1-3-7-12/h4,8-9,12,17H,1-3,5-7,10-11H2,(H,19,20). The quantitative estimate of drug-likeness (QED) is 0.627. The molecule has 0 aliphatic heterocycles. The van der Waals surface area contributed by atoms with E-state index in [1.54, 1.807) is 18.3 Å². The van der Waals surface area contributed by atoms with E-state index in [0.717, 1.165) is 13.0 Å². The second-order valence-corrected chi connectivity index (χ2v) is 5.60. The SMILES string of the molecule is O=C(NCCCNC1CCCCC1)c1cccnc1Cl. The maximum Gasteiger partial charge on any atom is 0.254 e. The first-order chi connectivity index (χ1) is 9.77. The minimum Gasteiger partial charge on any atom is -0.352 e. The van der Waals surface area contributed by atoms with Crippen molar-refractivity contribution in [2.45, 2.75) is 44.6 Å². The highest BCUT2D eigenvalue weighted by molar-refractivity contribution is 6.32. The molecule has 0 saturated heterocycles. The Labute approximate surface area is 125 Å². The molecule has 5 heteroatoms. The molecule has 1 aliphatic carbocycles. The van der Waals surface area contributed by atoms with Gasteiger partial charge in [0.25, 0.3) is 5.91 Å². The molecule has 1 fully saturated rings. The van der Waals surface area contributed by atoms with Gasteiger partial charge in [0.2, 0.25) is 0 Å². The number of amides is 1. The number of halogens is 1. The third-order valence-electron chi connectivity index (χ3n) is 3.68. The molecule has 1 aromatic rings. The number of nitrogens with one attached hydrogen (secondary N) is 2. The van der Waals surface area contributed by atoms with Crippen LogP contribution in [0, 0.1) is 0 Å². The molecule has 0 bridgehead atoms. The van der Waals surface area contributed by atoms with Gasteiger partial charge in [-0.3, -0.25) is 4.79 Å². The number of aromatic nitrogens is 1. The van der Waals surface area contributed by atoms with Gasteiger partial charge in [-0.15, -0.1) is 0 Å². The topological polar surface area (TPSA) is 54.0 Å². The van der Waals surface area contributed by atoms with E-state index in [1.807, 2.05) is 0 Å². The molecule has 4 nitrogen and oxygen atoms in total. The molecular weight excluding hydrogens is 274 g/mol. The molecule has 0 aromatic carbocycles. The average Bonchev–Trinajstić information content (AvgIpc) is 2.48. The first-order valence-corrected chi connectivity index (χ1v) is 7.77. The van der Waals surface area contributed by atoms with Crippen LogP contribution in [0.1, 0.15) is 48.9 Å². The number of carbonyl (C=O) groups is 1. The summed E-state index contributed by atoms with van der Waals surface area (Å²) in [7, 11) is 0. The Kier molecular flexibility index (Phi) is 6.27. The first-order valence-electron chi connectivity index (χ1n) is 7.39. The number of hydrogen-bond donors (Lipinski definition) is 2. The Bertz CT molecular complexity index is 433. The summed E-state index contributed by atoms with van der Waals surface area (Å²) in [5.74, 6) is -0.152. The number of nitrogens with zero attached hydrogens (tertiary/aromatic N) is 1. The molecule has 110 valence electrons. The predicted octanol–water partition coefficient (Wildman–Crippen LogP) is 2.78. The Hall–Kier alpha value is -1.13. The highest BCUT2D eigenvalue weighted by atomic mass is 35.5. The van der Waals surface area contributed by atoms with Crippen molar-refractivity contribution < 1.29 is 4.79 Å². The summed E-state index contributed by atoms with van der Waals surface area (Å²) in [4.78, 5) is 15.8. The second kappa shape index (κ2) is 8.22. The van der Waals surface area contributed by atoms with Crippen molar-refractivity contribution >= 4 is 17.5 Å². The zero-order chi connectivity index (χ0) is 14.2. The van der Waals surface area contributed by atoms with E-state index in [0.29, 0.717) is 18.2 Å². The molecule has 0 unspecified atom stereocenters. The van der Waals surface area contributed by atoms with Crippen molar-refractivity contribution in [3.8, 4) is 0 Å². The van der Waals surface area contributed by atoms with Crippen molar-refractivity contribution in [1.82, 2.24) is 15.6 Å². The Morgan fingerprint density at radius 1 is 1.30 bits per heavy atom. The van der Waals surface area contributed by atoms with Crippen molar-refractivity contribution in [2.24, 2.45) is 0 Å². The average molecular weight is 296 g/mol. The van der Waals surface area contributed by atoms with Crippen LogP contribution in [0.3, 0.4) is 0 Å². The summed E-state index contributed by atoms with van der Waals surface area (Å²) < 4.78 is 0. The maximum atomic E-state index is 11.9. The van der Waals surface area contributed by atoms with Crippen molar-refractivity contribution in [1.29, 1.82) is 0 Å². The summed E-state index contributed by atoms with van der Waals surface area (Å²) >= 11 is 5.88. The van der Waals surface area contributed by atoms with Crippen molar-refractivity contribution in [2.75, 3.05) is 13.1 Å². The van der Waals surface area contributed by atoms with E-state index in [9.17, 15) is 4.79 Å². The first kappa shape index (κ1) is 15.3. The van der Waals surface area contributed by atoms with Crippen LogP contribution in [0.5, 0.6) is 0 Å². The van der Waals surface area contributed by atoms with Crippen LogP contribution in [-0.2, 0) is 0 Å². The van der Waals surface area contributed by atoms with Crippen LogP contribution in [0.15, 0.2) is 18.3 Å². The van der Waals surface area contributed by atoms with E-state index >= 15 is 0 Å². The number of pyridine rings is 1. The minimum atomic E-state index is -0.152. The van der Waals surface area contributed by atoms with Crippen molar-refractivity contribution in [3.05, 3.63) is 29.0 Å². The largest absolute Gasteiger partial charge is 0.352 e. The fraction of sp³-hybridized carbons (Fsp3) is 0.600. The van der Waals surface area contributed by atoms with Gasteiger partial charge in [0.15, 0.2) is 0 Å². The normalized spacial score (nSPS) is 16.1. The molecule has 1 amide bonds. The van der Waals surface area contributed by atoms with Gasteiger partial charge in [-0.25, -0.2) is 4.98 Å². The van der Waals surface area contributed by atoms with Crippen LogP contribution >= 0.6 is 11.6 Å². The molecule has 1 saturated carbocycles. The lowest BCUT2D eigenvalue weighted by atomic mass is 9.95. The maximum absolute atomic E-state index is 11.9. The van der Waals surface area contributed by atoms with E-state index in [2.05, 4.69) is 15.6 Å².